The molecule has 0 radical (unpaired) electrons. The van der Waals surface area contributed by atoms with Crippen molar-refractivity contribution in [3.8, 4) is 0 Å². The van der Waals surface area contributed by atoms with Crippen LogP contribution in [-0.4, -0.2) is 8.42 Å². The third-order valence-electron chi connectivity index (χ3n) is 2.51. The van der Waals surface area contributed by atoms with Gasteiger partial charge in [-0.05, 0) is 29.7 Å². The van der Waals surface area contributed by atoms with Crippen LogP contribution in [0.1, 0.15) is 11.1 Å². The average molecular weight is 268 g/mol. The molecule has 0 N–H and O–H groups in total. The molecule has 0 unspecified atom stereocenters. The first-order chi connectivity index (χ1) is 8.47. The van der Waals surface area contributed by atoms with Gasteiger partial charge in [0.05, 0.1) is 0 Å². The minimum absolute atomic E-state index is 0.463. The van der Waals surface area contributed by atoms with Crippen LogP contribution in [0, 0.1) is 5.82 Å². The summed E-state index contributed by atoms with van der Waals surface area (Å²) in [5.41, 5.74) is 1.55. The molecule has 5 heteroatoms. The summed E-state index contributed by atoms with van der Waals surface area (Å²) in [5, 5.41) is 0. The van der Waals surface area contributed by atoms with Gasteiger partial charge in [-0.2, -0.15) is 8.42 Å². The normalized spacial score (nSPS) is 11.4. The van der Waals surface area contributed by atoms with Crippen molar-refractivity contribution in [1.29, 1.82) is 0 Å². The molecule has 0 bridgehead atoms. The van der Waals surface area contributed by atoms with Crippen molar-refractivity contribution in [2.45, 2.75) is 11.3 Å². The molecule has 2 nitrogen and oxygen atoms in total. The van der Waals surface area contributed by atoms with Crippen LogP contribution in [0.4, 0.5) is 8.28 Å². The lowest BCUT2D eigenvalue weighted by molar-refractivity contribution is 0.533. The first-order valence-corrected chi connectivity index (χ1v) is 6.62. The summed E-state index contributed by atoms with van der Waals surface area (Å²) in [6, 6.07) is 12.7. The summed E-state index contributed by atoms with van der Waals surface area (Å²) >= 11 is 0. The summed E-state index contributed by atoms with van der Waals surface area (Å²) in [7, 11) is -5.00. The highest BCUT2D eigenvalue weighted by Gasteiger charge is 2.17. The van der Waals surface area contributed by atoms with Crippen LogP contribution in [0.2, 0.25) is 0 Å². The molecule has 0 aliphatic carbocycles. The Morgan fingerprint density at radius 3 is 2.17 bits per heavy atom. The van der Waals surface area contributed by atoms with Crippen LogP contribution >= 0.6 is 0 Å². The van der Waals surface area contributed by atoms with E-state index in [0.29, 0.717) is 12.0 Å². The molecular weight excluding hydrogens is 258 g/mol. The molecule has 0 saturated heterocycles. The van der Waals surface area contributed by atoms with Gasteiger partial charge >= 0.3 is 10.2 Å². The highest BCUT2D eigenvalue weighted by atomic mass is 32.3. The zero-order chi connectivity index (χ0) is 13.2. The van der Waals surface area contributed by atoms with E-state index < -0.39 is 20.9 Å². The topological polar surface area (TPSA) is 34.1 Å². The van der Waals surface area contributed by atoms with E-state index in [1.807, 2.05) is 30.3 Å². The summed E-state index contributed by atoms with van der Waals surface area (Å²) in [6.45, 7) is 0. The lowest BCUT2D eigenvalue weighted by atomic mass is 10.1. The molecular formula is C13H10F2O2S. The maximum Gasteiger partial charge on any atom is 0.335 e. The number of rotatable bonds is 3. The smallest absolute Gasteiger partial charge is 0.205 e. The highest BCUT2D eigenvalue weighted by molar-refractivity contribution is 7.86. The number of benzene rings is 2. The van der Waals surface area contributed by atoms with E-state index in [1.165, 1.54) is 6.07 Å². The molecule has 0 fully saturated rings. The lowest BCUT2D eigenvalue weighted by Crippen LogP contribution is -1.98. The van der Waals surface area contributed by atoms with Gasteiger partial charge in [0, 0.05) is 0 Å². The van der Waals surface area contributed by atoms with Crippen molar-refractivity contribution >= 4 is 10.2 Å². The number of halogens is 2. The van der Waals surface area contributed by atoms with Crippen molar-refractivity contribution < 1.29 is 16.7 Å². The van der Waals surface area contributed by atoms with Crippen molar-refractivity contribution in [2.24, 2.45) is 0 Å². The van der Waals surface area contributed by atoms with E-state index in [4.69, 9.17) is 0 Å². The van der Waals surface area contributed by atoms with Gasteiger partial charge < -0.3 is 0 Å². The summed E-state index contributed by atoms with van der Waals surface area (Å²) < 4.78 is 47.3. The molecule has 94 valence electrons. The second kappa shape index (κ2) is 4.86. The Bertz CT molecular complexity index is 652. The molecule has 0 aliphatic heterocycles. The second-order valence-electron chi connectivity index (χ2n) is 3.86. The number of hydrogen-bond acceptors (Lipinski definition) is 2. The highest BCUT2D eigenvalue weighted by Crippen LogP contribution is 2.19. The predicted octanol–water partition coefficient (Wildman–Crippen LogP) is 3.07. The Morgan fingerprint density at radius 1 is 0.944 bits per heavy atom. The van der Waals surface area contributed by atoms with Gasteiger partial charge in [-0.15, -0.1) is 3.89 Å². The Labute approximate surface area is 104 Å². The summed E-state index contributed by atoms with van der Waals surface area (Å²) in [4.78, 5) is -0.917. The first kappa shape index (κ1) is 12.7. The summed E-state index contributed by atoms with van der Waals surface area (Å²) in [5.74, 6) is -1.06. The molecule has 0 aliphatic rings. The van der Waals surface area contributed by atoms with E-state index >= 15 is 0 Å². The van der Waals surface area contributed by atoms with Gasteiger partial charge in [0.1, 0.15) is 10.7 Å². The first-order valence-electron chi connectivity index (χ1n) is 5.24. The van der Waals surface area contributed by atoms with E-state index in [0.717, 1.165) is 17.7 Å². The van der Waals surface area contributed by atoms with Crippen LogP contribution in [0.3, 0.4) is 0 Å². The molecule has 0 aromatic heterocycles. The minimum Gasteiger partial charge on any atom is -0.205 e. The Hall–Kier alpha value is -1.75. The number of hydrogen-bond donors (Lipinski definition) is 0. The standard InChI is InChI=1S/C13H10F2O2S/c14-12-9-11(6-7-13(12)18(15,16)17)8-10-4-2-1-3-5-10/h1-7,9H,8H2. The molecule has 0 heterocycles. The van der Waals surface area contributed by atoms with Gasteiger partial charge in [0.15, 0.2) is 0 Å². The molecule has 0 spiro atoms. The maximum atomic E-state index is 13.4. The van der Waals surface area contributed by atoms with Crippen molar-refractivity contribution in [2.75, 3.05) is 0 Å². The Balaban J connectivity index is 2.30. The monoisotopic (exact) mass is 268 g/mol. The predicted molar refractivity (Wildman–Crippen MR) is 63.9 cm³/mol. The van der Waals surface area contributed by atoms with E-state index in [2.05, 4.69) is 0 Å². The maximum absolute atomic E-state index is 13.4. The molecule has 2 rings (SSSR count). The molecule has 0 saturated carbocycles. The average Bonchev–Trinajstić information content (AvgIpc) is 2.28. The molecule has 0 amide bonds. The van der Waals surface area contributed by atoms with Crippen LogP contribution < -0.4 is 0 Å². The van der Waals surface area contributed by atoms with Crippen molar-refractivity contribution in [1.82, 2.24) is 0 Å². The third-order valence-corrected chi connectivity index (χ3v) is 3.37. The fourth-order valence-corrected chi connectivity index (χ4v) is 2.21. The SMILES string of the molecule is O=S(=O)(F)c1ccc(Cc2ccccc2)cc1F. The van der Waals surface area contributed by atoms with Crippen LogP contribution in [0.25, 0.3) is 0 Å². The summed E-state index contributed by atoms with van der Waals surface area (Å²) in [6.07, 6.45) is 0.463. The Kier molecular flexibility index (Phi) is 3.43. The largest absolute Gasteiger partial charge is 0.335 e. The molecule has 2 aromatic rings. The molecule has 2 aromatic carbocycles. The van der Waals surface area contributed by atoms with Crippen LogP contribution in [-0.2, 0) is 16.6 Å². The van der Waals surface area contributed by atoms with Gasteiger partial charge in [-0.25, -0.2) is 4.39 Å². The molecule has 18 heavy (non-hydrogen) atoms. The zero-order valence-electron chi connectivity index (χ0n) is 9.31. The van der Waals surface area contributed by atoms with E-state index in [9.17, 15) is 16.7 Å². The van der Waals surface area contributed by atoms with Gasteiger partial charge in [-0.3, -0.25) is 0 Å². The van der Waals surface area contributed by atoms with Crippen molar-refractivity contribution in [3.63, 3.8) is 0 Å². The van der Waals surface area contributed by atoms with Gasteiger partial charge in [0.2, 0.25) is 0 Å². The van der Waals surface area contributed by atoms with Crippen molar-refractivity contribution in [3.05, 3.63) is 65.5 Å². The Morgan fingerprint density at radius 2 is 1.61 bits per heavy atom. The van der Waals surface area contributed by atoms with Gasteiger partial charge in [-0.1, -0.05) is 36.4 Å². The van der Waals surface area contributed by atoms with E-state index in [1.54, 1.807) is 0 Å². The quantitative estimate of drug-likeness (QED) is 0.802. The van der Waals surface area contributed by atoms with Gasteiger partial charge in [0.25, 0.3) is 0 Å². The zero-order valence-corrected chi connectivity index (χ0v) is 10.1. The minimum atomic E-state index is -5.00. The van der Waals surface area contributed by atoms with E-state index in [-0.39, 0.29) is 0 Å². The fraction of sp³-hybridized carbons (Fsp3) is 0.0769. The third kappa shape index (κ3) is 2.92. The second-order valence-corrected chi connectivity index (χ2v) is 5.18. The van der Waals surface area contributed by atoms with Crippen LogP contribution in [0.5, 0.6) is 0 Å². The molecule has 0 atom stereocenters. The lowest BCUT2D eigenvalue weighted by Gasteiger charge is -2.04. The fourth-order valence-electron chi connectivity index (χ4n) is 1.68. The van der Waals surface area contributed by atoms with Crippen LogP contribution in [0.15, 0.2) is 53.4 Å².